The molecule has 0 saturated carbocycles. The second-order valence-electron chi connectivity index (χ2n) is 7.36. The van der Waals surface area contributed by atoms with E-state index in [1.807, 2.05) is 37.1 Å². The molecule has 1 saturated heterocycles. The van der Waals surface area contributed by atoms with Gasteiger partial charge in [-0.25, -0.2) is 9.97 Å². The number of carbonyl (C=O) groups excluding carboxylic acids is 2. The SMILES string of the molecule is CCc1ncc2c(n1)CN(C(=O)CC1C(=O)NCCN1Cc1ccc(C)o1)C2. The van der Waals surface area contributed by atoms with Gasteiger partial charge in [-0.1, -0.05) is 6.92 Å². The summed E-state index contributed by atoms with van der Waals surface area (Å²) in [6, 6.07) is 3.33. The van der Waals surface area contributed by atoms with E-state index in [1.54, 1.807) is 4.90 Å². The summed E-state index contributed by atoms with van der Waals surface area (Å²) in [5.74, 6) is 2.29. The van der Waals surface area contributed by atoms with Crippen LogP contribution in [0.25, 0.3) is 0 Å². The summed E-state index contributed by atoms with van der Waals surface area (Å²) in [6.07, 6.45) is 2.73. The van der Waals surface area contributed by atoms with Gasteiger partial charge in [-0.15, -0.1) is 0 Å². The van der Waals surface area contributed by atoms with Gasteiger partial charge in [-0.05, 0) is 19.1 Å². The summed E-state index contributed by atoms with van der Waals surface area (Å²) < 4.78 is 5.65. The van der Waals surface area contributed by atoms with Crippen molar-refractivity contribution >= 4 is 11.8 Å². The Morgan fingerprint density at radius 3 is 2.96 bits per heavy atom. The van der Waals surface area contributed by atoms with Crippen molar-refractivity contribution < 1.29 is 14.0 Å². The first-order chi connectivity index (χ1) is 13.5. The van der Waals surface area contributed by atoms with E-state index in [9.17, 15) is 9.59 Å². The van der Waals surface area contributed by atoms with Crippen LogP contribution in [0.15, 0.2) is 22.7 Å². The molecule has 1 N–H and O–H groups in total. The Hall–Kier alpha value is -2.74. The highest BCUT2D eigenvalue weighted by molar-refractivity contribution is 5.89. The van der Waals surface area contributed by atoms with Crippen molar-refractivity contribution in [2.24, 2.45) is 0 Å². The molecule has 0 aromatic carbocycles. The number of furan rings is 1. The van der Waals surface area contributed by atoms with Crippen molar-refractivity contribution in [2.45, 2.75) is 52.4 Å². The van der Waals surface area contributed by atoms with Crippen molar-refractivity contribution in [3.8, 4) is 0 Å². The molecule has 2 aromatic rings. The lowest BCUT2D eigenvalue weighted by molar-refractivity contribution is -0.139. The van der Waals surface area contributed by atoms with Crippen molar-refractivity contribution in [3.05, 3.63) is 46.9 Å². The minimum absolute atomic E-state index is 0.0428. The van der Waals surface area contributed by atoms with Gasteiger partial charge in [0.25, 0.3) is 0 Å². The van der Waals surface area contributed by atoms with Gasteiger partial charge in [0.2, 0.25) is 11.8 Å². The molecule has 1 fully saturated rings. The lowest BCUT2D eigenvalue weighted by atomic mass is 10.1. The molecule has 4 rings (SSSR count). The fraction of sp³-hybridized carbons (Fsp3) is 0.500. The maximum absolute atomic E-state index is 12.9. The molecule has 28 heavy (non-hydrogen) atoms. The molecule has 2 aliphatic heterocycles. The zero-order chi connectivity index (χ0) is 19.7. The van der Waals surface area contributed by atoms with Crippen LogP contribution in [-0.4, -0.2) is 50.7 Å². The van der Waals surface area contributed by atoms with Gasteiger partial charge in [0.1, 0.15) is 17.3 Å². The van der Waals surface area contributed by atoms with Crippen LogP contribution < -0.4 is 5.32 Å². The number of aryl methyl sites for hydroxylation is 2. The molecule has 1 atom stereocenters. The minimum Gasteiger partial charge on any atom is -0.465 e. The average Bonchev–Trinajstić information content (AvgIpc) is 3.29. The monoisotopic (exact) mass is 383 g/mol. The summed E-state index contributed by atoms with van der Waals surface area (Å²) in [5.41, 5.74) is 1.90. The number of nitrogens with zero attached hydrogens (tertiary/aromatic N) is 4. The first-order valence-electron chi connectivity index (χ1n) is 9.72. The Labute approximate surface area is 163 Å². The first-order valence-corrected chi connectivity index (χ1v) is 9.72. The molecule has 0 bridgehead atoms. The number of piperazine rings is 1. The molecule has 0 radical (unpaired) electrons. The molecule has 2 aliphatic rings. The normalized spacial score (nSPS) is 19.6. The Morgan fingerprint density at radius 1 is 1.36 bits per heavy atom. The smallest absolute Gasteiger partial charge is 0.237 e. The van der Waals surface area contributed by atoms with Crippen molar-refractivity contribution in [2.75, 3.05) is 13.1 Å². The third-order valence-corrected chi connectivity index (χ3v) is 5.34. The number of fused-ring (bicyclic) bond motifs is 1. The fourth-order valence-electron chi connectivity index (χ4n) is 3.78. The van der Waals surface area contributed by atoms with E-state index in [0.29, 0.717) is 32.7 Å². The molecule has 148 valence electrons. The maximum atomic E-state index is 12.9. The van der Waals surface area contributed by atoms with E-state index in [2.05, 4.69) is 15.3 Å². The van der Waals surface area contributed by atoms with E-state index < -0.39 is 6.04 Å². The van der Waals surface area contributed by atoms with Crippen molar-refractivity contribution in [3.63, 3.8) is 0 Å². The highest BCUT2D eigenvalue weighted by Gasteiger charge is 2.35. The van der Waals surface area contributed by atoms with Crippen LogP contribution in [0.2, 0.25) is 0 Å². The molecule has 8 nitrogen and oxygen atoms in total. The predicted octanol–water partition coefficient (Wildman–Crippen LogP) is 1.17. The average molecular weight is 383 g/mol. The van der Waals surface area contributed by atoms with Crippen LogP contribution in [-0.2, 0) is 35.6 Å². The van der Waals surface area contributed by atoms with E-state index in [4.69, 9.17) is 4.42 Å². The number of rotatable bonds is 5. The number of aromatic nitrogens is 2. The van der Waals surface area contributed by atoms with E-state index in [0.717, 1.165) is 35.0 Å². The number of hydrogen-bond acceptors (Lipinski definition) is 6. The molecule has 0 spiro atoms. The van der Waals surface area contributed by atoms with Crippen LogP contribution in [0.1, 0.15) is 41.9 Å². The molecule has 2 aromatic heterocycles. The van der Waals surface area contributed by atoms with Crippen LogP contribution in [0.5, 0.6) is 0 Å². The Bertz CT molecular complexity index is 894. The molecule has 0 aliphatic carbocycles. The fourth-order valence-corrected chi connectivity index (χ4v) is 3.78. The molecular weight excluding hydrogens is 358 g/mol. The standard InChI is InChI=1S/C20H25N5O3/c1-3-18-22-9-14-10-25(12-16(14)23-18)19(26)8-17-20(27)21-6-7-24(17)11-15-5-4-13(2)28-15/h4-5,9,17H,3,6-8,10-12H2,1-2H3,(H,21,27). The molecule has 2 amide bonds. The van der Waals surface area contributed by atoms with Gasteiger partial charge < -0.3 is 14.6 Å². The highest BCUT2D eigenvalue weighted by atomic mass is 16.3. The number of amides is 2. The molecule has 8 heteroatoms. The van der Waals surface area contributed by atoms with Crippen LogP contribution in [0.4, 0.5) is 0 Å². The minimum atomic E-state index is -0.493. The third kappa shape index (κ3) is 3.77. The van der Waals surface area contributed by atoms with E-state index in [1.165, 1.54) is 0 Å². The second-order valence-corrected chi connectivity index (χ2v) is 7.36. The lowest BCUT2D eigenvalue weighted by Crippen LogP contribution is -2.56. The van der Waals surface area contributed by atoms with Crippen LogP contribution in [0, 0.1) is 6.92 Å². The van der Waals surface area contributed by atoms with Gasteiger partial charge in [0, 0.05) is 37.8 Å². The van der Waals surface area contributed by atoms with Gasteiger partial charge in [0.05, 0.1) is 31.2 Å². The van der Waals surface area contributed by atoms with Gasteiger partial charge in [-0.2, -0.15) is 0 Å². The van der Waals surface area contributed by atoms with Gasteiger partial charge in [0.15, 0.2) is 0 Å². The zero-order valence-corrected chi connectivity index (χ0v) is 16.3. The van der Waals surface area contributed by atoms with E-state index >= 15 is 0 Å². The summed E-state index contributed by atoms with van der Waals surface area (Å²) in [7, 11) is 0. The summed E-state index contributed by atoms with van der Waals surface area (Å²) in [6.45, 7) is 6.68. The van der Waals surface area contributed by atoms with Crippen molar-refractivity contribution in [1.29, 1.82) is 0 Å². The largest absolute Gasteiger partial charge is 0.465 e. The zero-order valence-electron chi connectivity index (χ0n) is 16.3. The van der Waals surface area contributed by atoms with Gasteiger partial charge in [-0.3, -0.25) is 14.5 Å². The lowest BCUT2D eigenvalue weighted by Gasteiger charge is -2.34. The van der Waals surface area contributed by atoms with E-state index in [-0.39, 0.29) is 18.2 Å². The summed E-state index contributed by atoms with van der Waals surface area (Å²) in [4.78, 5) is 38.0. The topological polar surface area (TPSA) is 91.6 Å². The Kier molecular flexibility index (Phi) is 5.13. The number of nitrogens with one attached hydrogen (secondary N) is 1. The van der Waals surface area contributed by atoms with Gasteiger partial charge >= 0.3 is 0 Å². The van der Waals surface area contributed by atoms with Crippen molar-refractivity contribution in [1.82, 2.24) is 25.1 Å². The third-order valence-electron chi connectivity index (χ3n) is 5.34. The highest BCUT2D eigenvalue weighted by Crippen LogP contribution is 2.23. The molecule has 1 unspecified atom stereocenters. The number of hydrogen-bond donors (Lipinski definition) is 1. The number of carbonyl (C=O) groups is 2. The molecule has 4 heterocycles. The summed E-state index contributed by atoms with van der Waals surface area (Å²) in [5, 5.41) is 2.88. The quantitative estimate of drug-likeness (QED) is 0.834. The molecular formula is C20H25N5O3. The Balaban J connectivity index is 1.43. The second kappa shape index (κ2) is 7.71. The van der Waals surface area contributed by atoms with Crippen LogP contribution in [0.3, 0.4) is 0 Å². The maximum Gasteiger partial charge on any atom is 0.237 e. The van der Waals surface area contributed by atoms with Crippen LogP contribution >= 0.6 is 0 Å². The predicted molar refractivity (Wildman–Crippen MR) is 101 cm³/mol. The first kappa shape index (κ1) is 18.6. The summed E-state index contributed by atoms with van der Waals surface area (Å²) >= 11 is 0. The Morgan fingerprint density at radius 2 is 2.21 bits per heavy atom.